The molecule has 6 nitrogen and oxygen atoms in total. The number of hydrogen-bond acceptors (Lipinski definition) is 5. The Balaban J connectivity index is 1.43. The molecule has 0 fully saturated rings. The van der Waals surface area contributed by atoms with E-state index in [-0.39, 0.29) is 11.7 Å². The van der Waals surface area contributed by atoms with Crippen molar-refractivity contribution in [3.05, 3.63) is 95.1 Å². The Bertz CT molecular complexity index is 1350. The number of aryl methyl sites for hydroxylation is 3. The van der Waals surface area contributed by atoms with Crippen LogP contribution in [0.3, 0.4) is 0 Å². The lowest BCUT2D eigenvalue weighted by molar-refractivity contribution is -0.113. The summed E-state index contributed by atoms with van der Waals surface area (Å²) in [6, 6.07) is 19.3. The number of carbonyl (C=O) groups is 1. The highest BCUT2D eigenvalue weighted by Crippen LogP contribution is 2.25. The Kier molecular flexibility index (Phi) is 6.86. The molecule has 0 aliphatic carbocycles. The highest BCUT2D eigenvalue weighted by molar-refractivity contribution is 7.99. The first kappa shape index (κ1) is 22.3. The Hall–Kier alpha value is -3.89. The van der Waals surface area contributed by atoms with E-state index in [1.54, 1.807) is 6.20 Å². The second kappa shape index (κ2) is 10.2. The lowest BCUT2D eigenvalue weighted by Gasteiger charge is -2.12. The SMILES string of the molecule is Cc1ccc(C)c(-n2c(C)nnc2SCC(=O)Nc2cccc(C#Cc3ccccn3)c2)c1. The van der Waals surface area contributed by atoms with Gasteiger partial charge in [-0.15, -0.1) is 10.2 Å². The number of anilines is 1. The summed E-state index contributed by atoms with van der Waals surface area (Å²) >= 11 is 1.36. The number of nitrogens with one attached hydrogen (secondary N) is 1. The summed E-state index contributed by atoms with van der Waals surface area (Å²) in [5, 5.41) is 12.1. The summed E-state index contributed by atoms with van der Waals surface area (Å²) in [5.74, 6) is 6.98. The largest absolute Gasteiger partial charge is 0.325 e. The second-order valence-corrected chi connectivity index (χ2v) is 8.48. The van der Waals surface area contributed by atoms with E-state index < -0.39 is 0 Å². The van der Waals surface area contributed by atoms with Crippen LogP contribution >= 0.6 is 11.8 Å². The van der Waals surface area contributed by atoms with Gasteiger partial charge >= 0.3 is 0 Å². The maximum Gasteiger partial charge on any atom is 0.234 e. The van der Waals surface area contributed by atoms with Gasteiger partial charge in [-0.05, 0) is 74.2 Å². The molecule has 2 heterocycles. The monoisotopic (exact) mass is 453 g/mol. The van der Waals surface area contributed by atoms with E-state index in [9.17, 15) is 4.79 Å². The molecular formula is C26H23N5OS. The molecule has 0 saturated heterocycles. The molecule has 2 aromatic heterocycles. The molecule has 0 aliphatic rings. The van der Waals surface area contributed by atoms with Crippen molar-refractivity contribution in [2.45, 2.75) is 25.9 Å². The van der Waals surface area contributed by atoms with Crippen LogP contribution < -0.4 is 5.32 Å². The number of amides is 1. The molecule has 33 heavy (non-hydrogen) atoms. The third-order valence-corrected chi connectivity index (χ3v) is 5.81. The van der Waals surface area contributed by atoms with E-state index in [2.05, 4.69) is 64.4 Å². The Labute approximate surface area is 197 Å². The van der Waals surface area contributed by atoms with Gasteiger partial charge in [0.2, 0.25) is 5.91 Å². The number of thioether (sulfide) groups is 1. The number of pyridine rings is 1. The number of rotatable bonds is 5. The van der Waals surface area contributed by atoms with Crippen LogP contribution in [-0.4, -0.2) is 31.4 Å². The van der Waals surface area contributed by atoms with E-state index in [1.165, 1.54) is 11.8 Å². The zero-order valence-corrected chi connectivity index (χ0v) is 19.5. The molecule has 2 aromatic carbocycles. The first-order valence-corrected chi connectivity index (χ1v) is 11.4. The number of nitrogens with zero attached hydrogens (tertiary/aromatic N) is 4. The van der Waals surface area contributed by atoms with Crippen molar-refractivity contribution in [3.8, 4) is 17.5 Å². The van der Waals surface area contributed by atoms with Crippen LogP contribution in [0.15, 0.2) is 72.0 Å². The Morgan fingerprint density at radius 2 is 1.88 bits per heavy atom. The van der Waals surface area contributed by atoms with Gasteiger partial charge in [0.25, 0.3) is 0 Å². The van der Waals surface area contributed by atoms with E-state index in [0.717, 1.165) is 28.2 Å². The van der Waals surface area contributed by atoms with E-state index in [4.69, 9.17) is 0 Å². The molecule has 4 rings (SSSR count). The van der Waals surface area contributed by atoms with Gasteiger partial charge in [-0.25, -0.2) is 4.98 Å². The van der Waals surface area contributed by atoms with Crippen molar-refractivity contribution in [1.82, 2.24) is 19.7 Å². The van der Waals surface area contributed by atoms with E-state index in [0.29, 0.717) is 16.5 Å². The fourth-order valence-electron chi connectivity index (χ4n) is 3.25. The third-order valence-electron chi connectivity index (χ3n) is 4.88. The fraction of sp³-hybridized carbons (Fsp3) is 0.154. The van der Waals surface area contributed by atoms with Crippen molar-refractivity contribution in [3.63, 3.8) is 0 Å². The Morgan fingerprint density at radius 3 is 2.70 bits per heavy atom. The highest BCUT2D eigenvalue weighted by atomic mass is 32.2. The summed E-state index contributed by atoms with van der Waals surface area (Å²) in [7, 11) is 0. The highest BCUT2D eigenvalue weighted by Gasteiger charge is 2.15. The van der Waals surface area contributed by atoms with Gasteiger partial charge < -0.3 is 5.32 Å². The lowest BCUT2D eigenvalue weighted by atomic mass is 10.1. The van der Waals surface area contributed by atoms with Crippen LogP contribution in [0.1, 0.15) is 28.2 Å². The topological polar surface area (TPSA) is 72.7 Å². The first-order valence-electron chi connectivity index (χ1n) is 10.4. The van der Waals surface area contributed by atoms with Crippen molar-refractivity contribution >= 4 is 23.4 Å². The van der Waals surface area contributed by atoms with Gasteiger partial charge in [-0.3, -0.25) is 9.36 Å². The van der Waals surface area contributed by atoms with Crippen molar-refractivity contribution in [2.75, 3.05) is 11.1 Å². The average molecular weight is 454 g/mol. The summed E-state index contributed by atoms with van der Waals surface area (Å²) < 4.78 is 1.99. The van der Waals surface area contributed by atoms with Gasteiger partial charge in [-0.1, -0.05) is 41.9 Å². The van der Waals surface area contributed by atoms with Crippen LogP contribution in [0.5, 0.6) is 0 Å². The number of carbonyl (C=O) groups excluding carboxylic acids is 1. The van der Waals surface area contributed by atoms with Crippen LogP contribution in [0.4, 0.5) is 5.69 Å². The molecule has 164 valence electrons. The second-order valence-electron chi connectivity index (χ2n) is 7.54. The number of hydrogen-bond donors (Lipinski definition) is 1. The average Bonchev–Trinajstić information content (AvgIpc) is 3.19. The quantitative estimate of drug-likeness (QED) is 0.350. The van der Waals surface area contributed by atoms with Crippen molar-refractivity contribution < 1.29 is 4.79 Å². The first-order chi connectivity index (χ1) is 16.0. The molecule has 0 aliphatic heterocycles. The molecule has 0 atom stereocenters. The molecule has 7 heteroatoms. The summed E-state index contributed by atoms with van der Waals surface area (Å²) in [6.07, 6.45) is 1.71. The summed E-state index contributed by atoms with van der Waals surface area (Å²) in [5.41, 5.74) is 5.50. The molecule has 0 bridgehead atoms. The molecular weight excluding hydrogens is 430 g/mol. The zero-order chi connectivity index (χ0) is 23.2. The predicted octanol–water partition coefficient (Wildman–Crippen LogP) is 4.72. The zero-order valence-electron chi connectivity index (χ0n) is 18.7. The van der Waals surface area contributed by atoms with Gasteiger partial charge in [0, 0.05) is 17.4 Å². The predicted molar refractivity (Wildman–Crippen MR) is 132 cm³/mol. The minimum Gasteiger partial charge on any atom is -0.325 e. The van der Waals surface area contributed by atoms with Gasteiger partial charge in [0.15, 0.2) is 5.16 Å². The van der Waals surface area contributed by atoms with Crippen LogP contribution in [0, 0.1) is 32.6 Å². The lowest BCUT2D eigenvalue weighted by Crippen LogP contribution is -2.14. The number of benzene rings is 2. The smallest absolute Gasteiger partial charge is 0.234 e. The Morgan fingerprint density at radius 1 is 1.00 bits per heavy atom. The van der Waals surface area contributed by atoms with Crippen LogP contribution in [-0.2, 0) is 4.79 Å². The summed E-state index contributed by atoms with van der Waals surface area (Å²) in [4.78, 5) is 16.8. The van der Waals surface area contributed by atoms with Crippen molar-refractivity contribution in [2.24, 2.45) is 0 Å². The van der Waals surface area contributed by atoms with Crippen LogP contribution in [0.2, 0.25) is 0 Å². The number of aromatic nitrogens is 4. The molecule has 1 N–H and O–H groups in total. The van der Waals surface area contributed by atoms with E-state index in [1.807, 2.05) is 54.0 Å². The minimum absolute atomic E-state index is 0.122. The van der Waals surface area contributed by atoms with Gasteiger partial charge in [-0.2, -0.15) is 0 Å². The van der Waals surface area contributed by atoms with Gasteiger partial charge in [0.05, 0.1) is 11.4 Å². The minimum atomic E-state index is -0.122. The molecule has 0 unspecified atom stereocenters. The summed E-state index contributed by atoms with van der Waals surface area (Å²) in [6.45, 7) is 6.02. The molecule has 0 spiro atoms. The molecule has 0 saturated carbocycles. The normalized spacial score (nSPS) is 10.4. The fourth-order valence-corrected chi connectivity index (χ4v) is 4.04. The molecule has 0 radical (unpaired) electrons. The van der Waals surface area contributed by atoms with E-state index >= 15 is 0 Å². The standard InChI is InChI=1S/C26H23N5OS/c1-18-10-11-19(2)24(15-18)31-20(3)29-30-26(31)33-17-25(32)28-23-9-6-7-21(16-23)12-13-22-8-4-5-14-27-22/h4-11,14-16H,17H2,1-3H3,(H,28,32). The van der Waals surface area contributed by atoms with Crippen LogP contribution in [0.25, 0.3) is 5.69 Å². The maximum absolute atomic E-state index is 12.6. The third kappa shape index (κ3) is 5.68. The molecule has 1 amide bonds. The molecule has 4 aromatic rings. The van der Waals surface area contributed by atoms with Crippen molar-refractivity contribution in [1.29, 1.82) is 0 Å². The van der Waals surface area contributed by atoms with Gasteiger partial charge in [0.1, 0.15) is 11.5 Å². The maximum atomic E-state index is 12.6.